The van der Waals surface area contributed by atoms with Gasteiger partial charge in [0.05, 0.1) is 16.8 Å². The molecule has 7 nitrogen and oxygen atoms in total. The fourth-order valence-corrected chi connectivity index (χ4v) is 3.01. The third-order valence-electron chi connectivity index (χ3n) is 2.94. The van der Waals surface area contributed by atoms with Crippen molar-refractivity contribution in [2.75, 3.05) is 15.4 Å². The Morgan fingerprint density at radius 3 is 2.17 bits per heavy atom. The highest BCUT2D eigenvalue weighted by atomic mass is 32.2. The van der Waals surface area contributed by atoms with E-state index < -0.39 is 10.0 Å². The minimum Gasteiger partial charge on any atom is -0.368 e. The maximum atomic E-state index is 12.4. The molecule has 128 valence electrons. The number of pyridine rings is 1. The number of rotatable bonds is 6. The molecule has 0 aliphatic carbocycles. The van der Waals surface area contributed by atoms with E-state index in [9.17, 15) is 13.2 Å². The van der Waals surface area contributed by atoms with E-state index in [2.05, 4.69) is 20.3 Å². The quantitative estimate of drug-likeness (QED) is 0.745. The Morgan fingerprint density at radius 2 is 1.67 bits per heavy atom. The molecular weight excluding hydrogens is 328 g/mol. The van der Waals surface area contributed by atoms with Gasteiger partial charge in [-0.3, -0.25) is 9.52 Å². The lowest BCUT2D eigenvalue weighted by Gasteiger charge is -2.11. The Kier molecular flexibility index (Phi) is 5.40. The van der Waals surface area contributed by atoms with Gasteiger partial charge >= 0.3 is 0 Å². The minimum atomic E-state index is -3.72. The lowest BCUT2D eigenvalue weighted by Crippen LogP contribution is -2.14. The summed E-state index contributed by atoms with van der Waals surface area (Å²) >= 11 is 0. The third kappa shape index (κ3) is 4.95. The number of hydrogen-bond acceptors (Lipinski definition) is 5. The lowest BCUT2D eigenvalue weighted by molar-refractivity contribution is -0.114. The zero-order valence-electron chi connectivity index (χ0n) is 13.7. The summed E-state index contributed by atoms with van der Waals surface area (Å²) in [7, 11) is -3.72. The van der Waals surface area contributed by atoms with Crippen LogP contribution in [0.4, 0.5) is 17.2 Å². The van der Waals surface area contributed by atoms with E-state index in [0.717, 1.165) is 0 Å². The van der Waals surface area contributed by atoms with Crippen LogP contribution in [0.2, 0.25) is 0 Å². The first-order valence-corrected chi connectivity index (χ1v) is 8.87. The molecule has 1 heterocycles. The Morgan fingerprint density at radius 1 is 1.04 bits per heavy atom. The second-order valence-corrected chi connectivity index (χ2v) is 7.22. The molecule has 0 spiro atoms. The van der Waals surface area contributed by atoms with E-state index in [1.54, 1.807) is 12.1 Å². The molecule has 2 aromatic rings. The molecule has 1 amide bonds. The van der Waals surface area contributed by atoms with Crippen molar-refractivity contribution >= 4 is 33.1 Å². The molecule has 0 unspecified atom stereocenters. The highest BCUT2D eigenvalue weighted by Gasteiger charge is 2.14. The van der Waals surface area contributed by atoms with Crippen LogP contribution in [-0.4, -0.2) is 25.4 Å². The van der Waals surface area contributed by atoms with Gasteiger partial charge in [-0.2, -0.15) is 0 Å². The van der Waals surface area contributed by atoms with Crippen molar-refractivity contribution < 1.29 is 13.2 Å². The van der Waals surface area contributed by atoms with Crippen molar-refractivity contribution in [3.63, 3.8) is 0 Å². The minimum absolute atomic E-state index is 0.0981. The van der Waals surface area contributed by atoms with Gasteiger partial charge in [-0.25, -0.2) is 13.4 Å². The van der Waals surface area contributed by atoms with Gasteiger partial charge in [0.15, 0.2) is 0 Å². The number of carbonyl (C=O) groups is 1. The Bertz CT molecular complexity index is 800. The van der Waals surface area contributed by atoms with Gasteiger partial charge in [0.1, 0.15) is 5.82 Å². The standard InChI is InChI=1S/C16H20N4O3S/c1-11(2)18-16-9-6-14(10-17-16)20-24(22,23)15-7-4-13(5-8-15)19-12(3)21/h4-11,20H,1-3H3,(H,17,18)(H,19,21). The summed E-state index contributed by atoms with van der Waals surface area (Å²) in [6.07, 6.45) is 1.45. The van der Waals surface area contributed by atoms with Crippen LogP contribution in [0.5, 0.6) is 0 Å². The van der Waals surface area contributed by atoms with Gasteiger partial charge in [-0.1, -0.05) is 0 Å². The van der Waals surface area contributed by atoms with E-state index in [-0.39, 0.29) is 16.8 Å². The number of amides is 1. The largest absolute Gasteiger partial charge is 0.368 e. The van der Waals surface area contributed by atoms with Crippen LogP contribution in [0.15, 0.2) is 47.5 Å². The van der Waals surface area contributed by atoms with Crippen LogP contribution in [0.25, 0.3) is 0 Å². The van der Waals surface area contributed by atoms with E-state index in [1.807, 2.05) is 13.8 Å². The molecule has 0 saturated heterocycles. The molecule has 2 rings (SSSR count). The first-order chi connectivity index (χ1) is 11.3. The SMILES string of the molecule is CC(=O)Nc1ccc(S(=O)(=O)Nc2ccc(NC(C)C)nc2)cc1. The fraction of sp³-hybridized carbons (Fsp3) is 0.250. The Balaban J connectivity index is 2.11. The summed E-state index contributed by atoms with van der Waals surface area (Å²) in [5.41, 5.74) is 0.905. The van der Waals surface area contributed by atoms with E-state index >= 15 is 0 Å². The molecule has 0 radical (unpaired) electrons. The van der Waals surface area contributed by atoms with Crippen LogP contribution in [-0.2, 0) is 14.8 Å². The maximum absolute atomic E-state index is 12.4. The molecule has 0 aliphatic heterocycles. The number of aromatic nitrogens is 1. The molecule has 24 heavy (non-hydrogen) atoms. The number of carbonyl (C=O) groups excluding carboxylic acids is 1. The lowest BCUT2D eigenvalue weighted by atomic mass is 10.3. The smallest absolute Gasteiger partial charge is 0.261 e. The topological polar surface area (TPSA) is 100 Å². The zero-order chi connectivity index (χ0) is 17.7. The van der Waals surface area contributed by atoms with Gasteiger partial charge in [0.25, 0.3) is 10.0 Å². The van der Waals surface area contributed by atoms with Crippen molar-refractivity contribution in [3.8, 4) is 0 Å². The number of nitrogens with one attached hydrogen (secondary N) is 3. The highest BCUT2D eigenvalue weighted by molar-refractivity contribution is 7.92. The summed E-state index contributed by atoms with van der Waals surface area (Å²) in [4.78, 5) is 15.2. The number of anilines is 3. The predicted octanol–water partition coefficient (Wildman–Crippen LogP) is 2.66. The van der Waals surface area contributed by atoms with Gasteiger partial charge in [-0.05, 0) is 50.2 Å². The van der Waals surface area contributed by atoms with Gasteiger partial charge in [0, 0.05) is 18.7 Å². The molecule has 1 aromatic carbocycles. The van der Waals surface area contributed by atoms with E-state index in [0.29, 0.717) is 17.2 Å². The first-order valence-electron chi connectivity index (χ1n) is 7.39. The number of benzene rings is 1. The van der Waals surface area contributed by atoms with E-state index in [4.69, 9.17) is 0 Å². The molecule has 0 bridgehead atoms. The van der Waals surface area contributed by atoms with E-state index in [1.165, 1.54) is 37.4 Å². The third-order valence-corrected chi connectivity index (χ3v) is 4.33. The van der Waals surface area contributed by atoms with Crippen molar-refractivity contribution in [2.45, 2.75) is 31.7 Å². The normalized spacial score (nSPS) is 11.2. The number of hydrogen-bond donors (Lipinski definition) is 3. The van der Waals surface area contributed by atoms with Crippen LogP contribution in [0, 0.1) is 0 Å². The summed E-state index contributed by atoms with van der Waals surface area (Å²) in [5, 5.41) is 5.71. The van der Waals surface area contributed by atoms with Crippen molar-refractivity contribution in [1.82, 2.24) is 4.98 Å². The molecular formula is C16H20N4O3S. The summed E-state index contributed by atoms with van der Waals surface area (Å²) < 4.78 is 27.2. The van der Waals surface area contributed by atoms with Gasteiger partial charge < -0.3 is 10.6 Å². The maximum Gasteiger partial charge on any atom is 0.261 e. The predicted molar refractivity (Wildman–Crippen MR) is 94.5 cm³/mol. The number of nitrogens with zero attached hydrogens (tertiary/aromatic N) is 1. The highest BCUT2D eigenvalue weighted by Crippen LogP contribution is 2.18. The molecule has 0 aliphatic rings. The molecule has 0 fully saturated rings. The average Bonchev–Trinajstić information content (AvgIpc) is 2.48. The second-order valence-electron chi connectivity index (χ2n) is 5.54. The fourth-order valence-electron chi connectivity index (χ4n) is 1.97. The molecule has 1 aromatic heterocycles. The van der Waals surface area contributed by atoms with Crippen LogP contribution < -0.4 is 15.4 Å². The van der Waals surface area contributed by atoms with Crippen molar-refractivity contribution in [3.05, 3.63) is 42.6 Å². The van der Waals surface area contributed by atoms with Crippen LogP contribution >= 0.6 is 0 Å². The monoisotopic (exact) mass is 348 g/mol. The zero-order valence-corrected chi connectivity index (χ0v) is 14.5. The van der Waals surface area contributed by atoms with Crippen molar-refractivity contribution in [2.24, 2.45) is 0 Å². The van der Waals surface area contributed by atoms with Gasteiger partial charge in [0.2, 0.25) is 5.91 Å². The Hall–Kier alpha value is -2.61. The van der Waals surface area contributed by atoms with Crippen molar-refractivity contribution in [1.29, 1.82) is 0 Å². The van der Waals surface area contributed by atoms with Gasteiger partial charge in [-0.15, -0.1) is 0 Å². The summed E-state index contributed by atoms with van der Waals surface area (Å²) in [6.45, 7) is 5.36. The van der Waals surface area contributed by atoms with Crippen LogP contribution in [0.3, 0.4) is 0 Å². The number of sulfonamides is 1. The average molecular weight is 348 g/mol. The summed E-state index contributed by atoms with van der Waals surface area (Å²) in [6, 6.07) is 9.50. The molecule has 8 heteroatoms. The van der Waals surface area contributed by atoms with Crippen LogP contribution in [0.1, 0.15) is 20.8 Å². The second kappa shape index (κ2) is 7.31. The first kappa shape index (κ1) is 17.7. The molecule has 3 N–H and O–H groups in total. The summed E-state index contributed by atoms with van der Waals surface area (Å²) in [5.74, 6) is 0.456. The molecule has 0 saturated carbocycles. The Labute approximate surface area is 141 Å². The molecule has 0 atom stereocenters.